The molecule has 0 heterocycles. The highest BCUT2D eigenvalue weighted by molar-refractivity contribution is 7.47. The Bertz CT molecular complexity index is 1210. The molecule has 0 aliphatic rings. The van der Waals surface area contributed by atoms with Crippen LogP contribution in [0.25, 0.3) is 0 Å². The maximum absolute atomic E-state index is 12.7. The molecule has 0 saturated heterocycles. The zero-order chi connectivity index (χ0) is 46.5. The van der Waals surface area contributed by atoms with E-state index in [0.717, 1.165) is 70.6 Å². The fourth-order valence-electron chi connectivity index (χ4n) is 7.19. The third-order valence-corrected chi connectivity index (χ3v) is 12.1. The molecule has 9 heteroatoms. The van der Waals surface area contributed by atoms with Gasteiger partial charge in [-0.15, -0.1) is 0 Å². The van der Waals surface area contributed by atoms with Crippen LogP contribution in [0.2, 0.25) is 0 Å². The summed E-state index contributed by atoms with van der Waals surface area (Å²) in [6, 6.07) is 0. The second kappa shape index (κ2) is 51.9. The van der Waals surface area contributed by atoms with E-state index in [1.54, 1.807) is 0 Å². The number of hydrogen-bond donors (Lipinski definition) is 2. The lowest BCUT2D eigenvalue weighted by molar-refractivity contribution is -0.154. The van der Waals surface area contributed by atoms with E-state index < -0.39 is 13.9 Å². The predicted octanol–water partition coefficient (Wildman–Crippen LogP) is 16.6. The first-order valence-electron chi connectivity index (χ1n) is 26.4. The first-order chi connectivity index (χ1) is 31.4. The fraction of sp³-hybridized carbons (Fsp3) is 0.764. The van der Waals surface area contributed by atoms with E-state index in [4.69, 9.17) is 24.3 Å². The van der Waals surface area contributed by atoms with Crippen molar-refractivity contribution in [3.05, 3.63) is 72.9 Å². The van der Waals surface area contributed by atoms with Crippen molar-refractivity contribution in [3.63, 3.8) is 0 Å². The highest BCUT2D eigenvalue weighted by Gasteiger charge is 2.25. The molecule has 3 N–H and O–H groups in total. The topological polar surface area (TPSA) is 117 Å². The minimum Gasteiger partial charge on any atom is -0.457 e. The summed E-state index contributed by atoms with van der Waals surface area (Å²) in [6.45, 7) is 4.88. The Kier molecular flexibility index (Phi) is 50.2. The van der Waals surface area contributed by atoms with Gasteiger partial charge in [0.15, 0.2) is 0 Å². The Labute approximate surface area is 395 Å². The minimum atomic E-state index is -4.29. The molecule has 2 unspecified atom stereocenters. The first kappa shape index (κ1) is 61.9. The number of nitrogens with two attached hydrogens (primary N) is 1. The van der Waals surface area contributed by atoms with Gasteiger partial charge in [0.1, 0.15) is 6.10 Å². The molecule has 0 amide bonds. The number of ether oxygens (including phenoxy) is 2. The summed E-state index contributed by atoms with van der Waals surface area (Å²) >= 11 is 0. The van der Waals surface area contributed by atoms with Gasteiger partial charge in [-0.1, -0.05) is 209 Å². The van der Waals surface area contributed by atoms with Crippen LogP contribution in [-0.2, 0) is 27.9 Å². The van der Waals surface area contributed by atoms with Gasteiger partial charge in [-0.25, -0.2) is 4.57 Å². The van der Waals surface area contributed by atoms with Crippen molar-refractivity contribution in [3.8, 4) is 0 Å². The number of carbonyl (C=O) groups excluding carboxylic acids is 1. The molecule has 0 bridgehead atoms. The van der Waals surface area contributed by atoms with E-state index in [1.165, 1.54) is 141 Å². The standard InChI is InChI=1S/C55H100NO7P/c1-3-5-7-9-11-13-15-17-19-21-23-25-27-28-30-32-34-36-38-40-42-44-46-48-55(57)63-54(53-62-64(58,59)61-51-49-56)52-60-50-47-45-43-41-39-37-35-33-31-29-26-24-22-20-18-16-14-12-10-8-6-4-2/h15-18,21-24,27-29,31,54H,3-14,19-20,25-26,30,32-53,56H2,1-2H3,(H,58,59)/b17-15-,18-16-,23-21-,24-22-,28-27-,31-29-. The van der Waals surface area contributed by atoms with E-state index in [1.807, 2.05) is 0 Å². The number of phosphoric acid groups is 1. The summed E-state index contributed by atoms with van der Waals surface area (Å²) in [5.41, 5.74) is 5.39. The van der Waals surface area contributed by atoms with Crippen molar-refractivity contribution >= 4 is 13.8 Å². The highest BCUT2D eigenvalue weighted by Crippen LogP contribution is 2.43. The number of unbranched alkanes of at least 4 members (excludes halogenated alkanes) is 25. The van der Waals surface area contributed by atoms with E-state index in [-0.39, 0.29) is 32.3 Å². The van der Waals surface area contributed by atoms with Crippen LogP contribution in [0.4, 0.5) is 0 Å². The smallest absolute Gasteiger partial charge is 0.457 e. The Morgan fingerprint density at radius 1 is 0.469 bits per heavy atom. The number of rotatable bonds is 50. The van der Waals surface area contributed by atoms with Crippen LogP contribution in [0.15, 0.2) is 72.9 Å². The van der Waals surface area contributed by atoms with Gasteiger partial charge < -0.3 is 20.1 Å². The number of esters is 1. The number of carbonyl (C=O) groups is 1. The summed E-state index contributed by atoms with van der Waals surface area (Å²) in [5, 5.41) is 0. The minimum absolute atomic E-state index is 0.0939. The SMILES string of the molecule is CCCCCCC/C=C\C/C=C\C/C=C\CCCCCCCCCCC(=O)OC(COCCCCCCCCC/C=C\C/C=C\C/C=C\CCCCCCC)COP(=O)(O)OCCN. The molecule has 0 spiro atoms. The van der Waals surface area contributed by atoms with Gasteiger partial charge in [0.2, 0.25) is 0 Å². The van der Waals surface area contributed by atoms with Crippen molar-refractivity contribution in [2.45, 2.75) is 238 Å². The Balaban J connectivity index is 4.00. The lowest BCUT2D eigenvalue weighted by Crippen LogP contribution is -2.28. The van der Waals surface area contributed by atoms with Gasteiger partial charge in [0.25, 0.3) is 0 Å². The van der Waals surface area contributed by atoms with Crippen molar-refractivity contribution in [1.29, 1.82) is 0 Å². The largest absolute Gasteiger partial charge is 0.472 e. The quantitative estimate of drug-likeness (QED) is 0.0268. The second-order valence-corrected chi connectivity index (χ2v) is 18.8. The van der Waals surface area contributed by atoms with Gasteiger partial charge in [0, 0.05) is 19.6 Å². The summed E-state index contributed by atoms with van der Waals surface area (Å²) in [6.07, 6.45) is 66.5. The van der Waals surface area contributed by atoms with Gasteiger partial charge in [-0.05, 0) is 89.9 Å². The third-order valence-electron chi connectivity index (χ3n) is 11.1. The average Bonchev–Trinajstić information content (AvgIpc) is 3.29. The molecule has 0 aromatic rings. The lowest BCUT2D eigenvalue weighted by atomic mass is 10.1. The van der Waals surface area contributed by atoms with Crippen molar-refractivity contribution in [2.75, 3.05) is 33.0 Å². The maximum Gasteiger partial charge on any atom is 0.472 e. The molecular weight excluding hydrogens is 818 g/mol. The van der Waals surface area contributed by atoms with Crippen LogP contribution in [0, 0.1) is 0 Å². The normalized spacial score (nSPS) is 13.9. The van der Waals surface area contributed by atoms with E-state index >= 15 is 0 Å². The molecule has 0 aromatic carbocycles. The number of hydrogen-bond acceptors (Lipinski definition) is 7. The van der Waals surface area contributed by atoms with E-state index in [9.17, 15) is 14.3 Å². The van der Waals surface area contributed by atoms with Crippen LogP contribution in [0.5, 0.6) is 0 Å². The van der Waals surface area contributed by atoms with Crippen LogP contribution < -0.4 is 5.73 Å². The maximum atomic E-state index is 12.7. The second-order valence-electron chi connectivity index (χ2n) is 17.4. The van der Waals surface area contributed by atoms with Crippen LogP contribution in [-0.4, -0.2) is 49.9 Å². The van der Waals surface area contributed by atoms with E-state index in [2.05, 4.69) is 86.8 Å². The lowest BCUT2D eigenvalue weighted by Gasteiger charge is -2.20. The zero-order valence-corrected chi connectivity index (χ0v) is 42.4. The summed E-state index contributed by atoms with van der Waals surface area (Å²) in [4.78, 5) is 22.6. The molecule has 0 aromatic heterocycles. The van der Waals surface area contributed by atoms with E-state index in [0.29, 0.717) is 13.0 Å². The predicted molar refractivity (Wildman–Crippen MR) is 275 cm³/mol. The summed E-state index contributed by atoms with van der Waals surface area (Å²) < 4.78 is 33.6. The molecule has 372 valence electrons. The fourth-order valence-corrected chi connectivity index (χ4v) is 7.95. The number of allylic oxidation sites excluding steroid dienone is 12. The van der Waals surface area contributed by atoms with Gasteiger partial charge in [-0.2, -0.15) is 0 Å². The van der Waals surface area contributed by atoms with Crippen molar-refractivity contribution in [1.82, 2.24) is 0 Å². The van der Waals surface area contributed by atoms with Gasteiger partial charge in [0.05, 0.1) is 19.8 Å². The van der Waals surface area contributed by atoms with Gasteiger partial charge >= 0.3 is 13.8 Å². The first-order valence-corrected chi connectivity index (χ1v) is 27.9. The van der Waals surface area contributed by atoms with Crippen LogP contribution in [0.1, 0.15) is 232 Å². The van der Waals surface area contributed by atoms with Crippen molar-refractivity contribution < 1.29 is 32.8 Å². The Hall–Kier alpha value is -2.06. The summed E-state index contributed by atoms with van der Waals surface area (Å²) in [5.74, 6) is -0.342. The molecule has 0 rings (SSSR count). The summed E-state index contributed by atoms with van der Waals surface area (Å²) in [7, 11) is -4.29. The molecular formula is C55H100NO7P. The number of phosphoric ester groups is 1. The zero-order valence-electron chi connectivity index (χ0n) is 41.5. The molecule has 0 saturated carbocycles. The third kappa shape index (κ3) is 50.9. The molecule has 0 fully saturated rings. The molecule has 0 aliphatic heterocycles. The van der Waals surface area contributed by atoms with Crippen LogP contribution >= 0.6 is 7.82 Å². The molecule has 64 heavy (non-hydrogen) atoms. The van der Waals surface area contributed by atoms with Gasteiger partial charge in [-0.3, -0.25) is 13.8 Å². The molecule has 8 nitrogen and oxygen atoms in total. The molecule has 0 radical (unpaired) electrons. The highest BCUT2D eigenvalue weighted by atomic mass is 31.2. The van der Waals surface area contributed by atoms with Crippen LogP contribution in [0.3, 0.4) is 0 Å². The molecule has 2 atom stereocenters. The average molecular weight is 918 g/mol. The van der Waals surface area contributed by atoms with Crippen molar-refractivity contribution in [2.24, 2.45) is 5.73 Å². The monoisotopic (exact) mass is 918 g/mol. The Morgan fingerprint density at radius 2 is 0.828 bits per heavy atom. The Morgan fingerprint density at radius 3 is 1.23 bits per heavy atom. The molecule has 0 aliphatic carbocycles.